The minimum atomic E-state index is -0.443. The van der Waals surface area contributed by atoms with Gasteiger partial charge in [-0.25, -0.2) is 4.98 Å². The van der Waals surface area contributed by atoms with Crippen molar-refractivity contribution in [3.63, 3.8) is 0 Å². The minimum Gasteiger partial charge on any atom is -0.341 e. The van der Waals surface area contributed by atoms with E-state index in [1.807, 2.05) is 29.3 Å². The van der Waals surface area contributed by atoms with Gasteiger partial charge in [0.2, 0.25) is 5.91 Å². The standard InChI is InChI=1S/C18H22ClN3O/c1-13-12-20-17(15-6-4-3-5-7-15)22(13)16-8-10-21(11-9-16)18(23)14(2)19/h3-7,12,14,16H,8-11H2,1-2H3. The Morgan fingerprint density at radius 2 is 1.91 bits per heavy atom. The molecule has 1 saturated heterocycles. The molecular weight excluding hydrogens is 310 g/mol. The molecule has 2 aromatic rings. The topological polar surface area (TPSA) is 38.1 Å². The predicted octanol–water partition coefficient (Wildman–Crippen LogP) is 3.65. The molecule has 1 aromatic heterocycles. The van der Waals surface area contributed by atoms with Gasteiger partial charge in [0.15, 0.2) is 0 Å². The van der Waals surface area contributed by atoms with Gasteiger partial charge in [-0.2, -0.15) is 0 Å². The molecule has 1 unspecified atom stereocenters. The molecule has 0 bridgehead atoms. The zero-order chi connectivity index (χ0) is 16.4. The summed E-state index contributed by atoms with van der Waals surface area (Å²) in [7, 11) is 0. The number of aromatic nitrogens is 2. The summed E-state index contributed by atoms with van der Waals surface area (Å²) in [5.74, 6) is 1.05. The highest BCUT2D eigenvalue weighted by atomic mass is 35.5. The van der Waals surface area contributed by atoms with Crippen molar-refractivity contribution in [1.29, 1.82) is 0 Å². The van der Waals surface area contributed by atoms with Gasteiger partial charge in [0.25, 0.3) is 0 Å². The van der Waals surface area contributed by atoms with Crippen LogP contribution in [0.5, 0.6) is 0 Å². The Bertz CT molecular complexity index is 673. The highest BCUT2D eigenvalue weighted by Gasteiger charge is 2.27. The molecule has 0 radical (unpaired) electrons. The number of carbonyl (C=O) groups excluding carboxylic acids is 1. The van der Waals surface area contributed by atoms with Crippen molar-refractivity contribution in [2.45, 2.75) is 38.1 Å². The number of likely N-dealkylation sites (tertiary alicyclic amines) is 1. The van der Waals surface area contributed by atoms with Crippen LogP contribution in [0, 0.1) is 6.92 Å². The van der Waals surface area contributed by atoms with Gasteiger partial charge in [0.1, 0.15) is 11.2 Å². The second kappa shape index (κ2) is 6.75. The highest BCUT2D eigenvalue weighted by molar-refractivity contribution is 6.30. The number of piperidine rings is 1. The molecule has 122 valence electrons. The number of benzene rings is 1. The largest absolute Gasteiger partial charge is 0.341 e. The summed E-state index contributed by atoms with van der Waals surface area (Å²) in [5, 5.41) is -0.443. The van der Waals surface area contributed by atoms with Crippen LogP contribution in [0.25, 0.3) is 11.4 Å². The van der Waals surface area contributed by atoms with Crippen molar-refractivity contribution in [2.24, 2.45) is 0 Å². The van der Waals surface area contributed by atoms with E-state index in [1.165, 1.54) is 5.69 Å². The lowest BCUT2D eigenvalue weighted by Crippen LogP contribution is -2.42. The third kappa shape index (κ3) is 3.27. The van der Waals surface area contributed by atoms with Crippen LogP contribution >= 0.6 is 11.6 Å². The number of aryl methyl sites for hydroxylation is 1. The predicted molar refractivity (Wildman–Crippen MR) is 92.6 cm³/mol. The number of rotatable bonds is 3. The van der Waals surface area contributed by atoms with Gasteiger partial charge < -0.3 is 9.47 Å². The lowest BCUT2D eigenvalue weighted by Gasteiger charge is -2.34. The molecule has 1 atom stereocenters. The number of hydrogen-bond acceptors (Lipinski definition) is 2. The molecule has 4 nitrogen and oxygen atoms in total. The Labute approximate surface area is 142 Å². The second-order valence-electron chi connectivity index (χ2n) is 6.13. The third-order valence-corrected chi connectivity index (χ3v) is 4.68. The van der Waals surface area contributed by atoms with Gasteiger partial charge in [-0.3, -0.25) is 4.79 Å². The summed E-state index contributed by atoms with van der Waals surface area (Å²) < 4.78 is 2.32. The first kappa shape index (κ1) is 16.1. The molecule has 2 heterocycles. The van der Waals surface area contributed by atoms with Crippen molar-refractivity contribution < 1.29 is 4.79 Å². The van der Waals surface area contributed by atoms with Crippen LogP contribution in [0.1, 0.15) is 31.5 Å². The molecule has 0 N–H and O–H groups in total. The van der Waals surface area contributed by atoms with Gasteiger partial charge in [0, 0.05) is 36.6 Å². The molecule has 0 aliphatic carbocycles. The van der Waals surface area contributed by atoms with E-state index in [9.17, 15) is 4.79 Å². The number of alkyl halides is 1. The van der Waals surface area contributed by atoms with Crippen LogP contribution in [0.15, 0.2) is 36.5 Å². The van der Waals surface area contributed by atoms with E-state index in [2.05, 4.69) is 28.6 Å². The Morgan fingerprint density at radius 3 is 2.52 bits per heavy atom. The van der Waals surface area contributed by atoms with E-state index in [4.69, 9.17) is 11.6 Å². The SMILES string of the molecule is Cc1cnc(-c2ccccc2)n1C1CCN(C(=O)C(C)Cl)CC1. The molecule has 1 aromatic carbocycles. The number of hydrogen-bond donors (Lipinski definition) is 0. The lowest BCUT2D eigenvalue weighted by atomic mass is 10.0. The zero-order valence-electron chi connectivity index (χ0n) is 13.6. The zero-order valence-corrected chi connectivity index (χ0v) is 14.3. The van der Waals surface area contributed by atoms with Gasteiger partial charge in [0.05, 0.1) is 0 Å². The molecule has 1 aliphatic heterocycles. The van der Waals surface area contributed by atoms with E-state index in [0.29, 0.717) is 6.04 Å². The van der Waals surface area contributed by atoms with E-state index < -0.39 is 5.38 Å². The summed E-state index contributed by atoms with van der Waals surface area (Å²) in [6.07, 6.45) is 3.81. The van der Waals surface area contributed by atoms with Crippen LogP contribution < -0.4 is 0 Å². The van der Waals surface area contributed by atoms with Crippen LogP contribution in [-0.2, 0) is 4.79 Å². The van der Waals surface area contributed by atoms with Crippen molar-refractivity contribution in [2.75, 3.05) is 13.1 Å². The molecule has 1 fully saturated rings. The van der Waals surface area contributed by atoms with Crippen molar-refractivity contribution in [3.8, 4) is 11.4 Å². The molecule has 5 heteroatoms. The quantitative estimate of drug-likeness (QED) is 0.805. The van der Waals surface area contributed by atoms with Gasteiger partial charge in [-0.05, 0) is 26.7 Å². The van der Waals surface area contributed by atoms with E-state index in [1.54, 1.807) is 6.92 Å². The molecule has 1 aliphatic rings. The number of carbonyl (C=O) groups is 1. The average Bonchev–Trinajstić information content (AvgIpc) is 2.96. The maximum Gasteiger partial charge on any atom is 0.240 e. The van der Waals surface area contributed by atoms with E-state index >= 15 is 0 Å². The van der Waals surface area contributed by atoms with Gasteiger partial charge >= 0.3 is 0 Å². The summed E-state index contributed by atoms with van der Waals surface area (Å²) in [6, 6.07) is 10.6. The summed E-state index contributed by atoms with van der Waals surface area (Å²) in [6.45, 7) is 5.35. The maximum absolute atomic E-state index is 12.0. The molecule has 0 spiro atoms. The number of halogens is 1. The van der Waals surface area contributed by atoms with E-state index in [0.717, 1.165) is 37.3 Å². The maximum atomic E-state index is 12.0. The Hall–Kier alpha value is -1.81. The summed E-state index contributed by atoms with van der Waals surface area (Å²) in [5.41, 5.74) is 2.30. The highest BCUT2D eigenvalue weighted by Crippen LogP contribution is 2.30. The van der Waals surface area contributed by atoms with Crippen molar-refractivity contribution in [1.82, 2.24) is 14.5 Å². The molecule has 0 saturated carbocycles. The van der Waals surface area contributed by atoms with Crippen LogP contribution in [0.3, 0.4) is 0 Å². The van der Waals surface area contributed by atoms with Crippen molar-refractivity contribution >= 4 is 17.5 Å². The lowest BCUT2D eigenvalue weighted by molar-refractivity contribution is -0.131. The van der Waals surface area contributed by atoms with Gasteiger partial charge in [-0.15, -0.1) is 11.6 Å². The first-order chi connectivity index (χ1) is 11.1. The number of amides is 1. The van der Waals surface area contributed by atoms with Crippen LogP contribution in [0.2, 0.25) is 0 Å². The summed E-state index contributed by atoms with van der Waals surface area (Å²) in [4.78, 5) is 18.5. The fourth-order valence-electron chi connectivity index (χ4n) is 3.30. The Morgan fingerprint density at radius 1 is 1.26 bits per heavy atom. The smallest absolute Gasteiger partial charge is 0.240 e. The fraction of sp³-hybridized carbons (Fsp3) is 0.444. The monoisotopic (exact) mass is 331 g/mol. The average molecular weight is 332 g/mol. The fourth-order valence-corrected chi connectivity index (χ4v) is 3.44. The molecular formula is C18H22ClN3O. The molecule has 23 heavy (non-hydrogen) atoms. The Kier molecular flexibility index (Phi) is 4.71. The Balaban J connectivity index is 1.79. The first-order valence-electron chi connectivity index (χ1n) is 8.10. The normalized spacial score (nSPS) is 17.3. The summed E-state index contributed by atoms with van der Waals surface area (Å²) >= 11 is 5.92. The number of imidazole rings is 1. The minimum absolute atomic E-state index is 0.0377. The third-order valence-electron chi connectivity index (χ3n) is 4.50. The second-order valence-corrected chi connectivity index (χ2v) is 6.79. The number of nitrogens with zero attached hydrogens (tertiary/aromatic N) is 3. The first-order valence-corrected chi connectivity index (χ1v) is 8.53. The van der Waals surface area contributed by atoms with Crippen molar-refractivity contribution in [3.05, 3.63) is 42.2 Å². The van der Waals surface area contributed by atoms with Crippen LogP contribution in [-0.4, -0.2) is 38.8 Å². The van der Waals surface area contributed by atoms with Crippen LogP contribution in [0.4, 0.5) is 0 Å². The van der Waals surface area contributed by atoms with Gasteiger partial charge in [-0.1, -0.05) is 30.3 Å². The molecule has 1 amide bonds. The van der Waals surface area contributed by atoms with E-state index in [-0.39, 0.29) is 5.91 Å². The molecule has 3 rings (SSSR count).